The second kappa shape index (κ2) is 11.4. The molecule has 2 rings (SSSR count). The first kappa shape index (κ1) is 24.2. The fraction of sp³-hybridized carbons (Fsp3) is 0.318. The highest BCUT2D eigenvalue weighted by molar-refractivity contribution is 9.07. The minimum Gasteiger partial charge on any atom is -0.508 e. The maximum atomic E-state index is 12.9. The van der Waals surface area contributed by atoms with Gasteiger partial charge in [-0.2, -0.15) is 0 Å². The molecule has 0 unspecified atom stereocenters. The van der Waals surface area contributed by atoms with Crippen molar-refractivity contribution < 1.29 is 34.1 Å². The Labute approximate surface area is 188 Å². The van der Waals surface area contributed by atoms with Crippen molar-refractivity contribution in [2.45, 2.75) is 38.3 Å². The number of carboxylic acid groups (broad SMARTS) is 1. The molecule has 0 heterocycles. The average Bonchev–Trinajstić information content (AvgIpc) is 2.77. The van der Waals surface area contributed by atoms with Gasteiger partial charge in [0.15, 0.2) is 0 Å². The van der Waals surface area contributed by atoms with Gasteiger partial charge >= 0.3 is 18.0 Å². The Morgan fingerprint density at radius 3 is 2.23 bits per heavy atom. The van der Waals surface area contributed by atoms with Crippen LogP contribution in [0.15, 0.2) is 54.6 Å². The molecule has 0 saturated heterocycles. The van der Waals surface area contributed by atoms with Crippen LogP contribution in [0.1, 0.15) is 30.9 Å². The first-order chi connectivity index (χ1) is 14.8. The van der Waals surface area contributed by atoms with Crippen LogP contribution in [0.25, 0.3) is 0 Å². The Morgan fingerprint density at radius 2 is 1.65 bits per heavy atom. The van der Waals surface area contributed by atoms with Gasteiger partial charge in [0.1, 0.15) is 12.4 Å². The van der Waals surface area contributed by atoms with E-state index >= 15 is 0 Å². The number of carbonyl (C=O) groups is 3. The number of phenols is 1. The SMILES string of the molecule is CCCCOC(=O)[C@](Cc1ccc(O)cc1)(C(=O)O)N(Br)C(=O)OCc1ccccc1. The maximum absolute atomic E-state index is 12.9. The number of nitrogens with zero attached hydrogens (tertiary/aromatic N) is 1. The summed E-state index contributed by atoms with van der Waals surface area (Å²) >= 11 is 2.95. The number of rotatable bonds is 10. The molecule has 0 fully saturated rings. The molecule has 8 nitrogen and oxygen atoms in total. The molecular weight excluding hydrogens is 470 g/mol. The van der Waals surface area contributed by atoms with Gasteiger partial charge in [-0.15, -0.1) is 0 Å². The molecule has 2 aromatic carbocycles. The molecule has 0 aliphatic rings. The fourth-order valence-electron chi connectivity index (χ4n) is 2.74. The van der Waals surface area contributed by atoms with E-state index in [0.717, 1.165) is 6.42 Å². The predicted molar refractivity (Wildman–Crippen MR) is 115 cm³/mol. The first-order valence-corrected chi connectivity index (χ1v) is 10.4. The Balaban J connectivity index is 2.32. The van der Waals surface area contributed by atoms with Crippen molar-refractivity contribution >= 4 is 34.2 Å². The zero-order valence-corrected chi connectivity index (χ0v) is 18.6. The van der Waals surface area contributed by atoms with E-state index in [2.05, 4.69) is 16.1 Å². The number of carbonyl (C=O) groups excluding carboxylic acids is 2. The van der Waals surface area contributed by atoms with Crippen LogP contribution in [-0.4, -0.2) is 44.3 Å². The molecule has 0 aromatic heterocycles. The molecule has 1 atom stereocenters. The largest absolute Gasteiger partial charge is 0.508 e. The van der Waals surface area contributed by atoms with Gasteiger partial charge in [-0.1, -0.05) is 55.8 Å². The van der Waals surface area contributed by atoms with Gasteiger partial charge in [-0.3, -0.25) is 0 Å². The Kier molecular flexibility index (Phi) is 8.87. The van der Waals surface area contributed by atoms with E-state index in [1.54, 1.807) is 24.3 Å². The van der Waals surface area contributed by atoms with Crippen LogP contribution in [0.3, 0.4) is 0 Å². The summed E-state index contributed by atoms with van der Waals surface area (Å²) in [7, 11) is 0. The van der Waals surface area contributed by atoms with E-state index in [0.29, 0.717) is 21.5 Å². The predicted octanol–water partition coefficient (Wildman–Crippen LogP) is 4.05. The highest BCUT2D eigenvalue weighted by Gasteiger charge is 2.55. The summed E-state index contributed by atoms with van der Waals surface area (Å²) < 4.78 is 11.0. The van der Waals surface area contributed by atoms with Crippen LogP contribution in [0.4, 0.5) is 4.79 Å². The van der Waals surface area contributed by atoms with Crippen LogP contribution in [-0.2, 0) is 32.1 Å². The number of hydrogen-bond acceptors (Lipinski definition) is 6. The second-order valence-electron chi connectivity index (χ2n) is 6.82. The number of ether oxygens (including phenoxy) is 2. The summed E-state index contributed by atoms with van der Waals surface area (Å²) in [5, 5.41) is 19.5. The van der Waals surface area contributed by atoms with E-state index in [1.807, 2.05) is 13.0 Å². The third-order valence-corrected chi connectivity index (χ3v) is 5.41. The summed E-state index contributed by atoms with van der Waals surface area (Å²) in [4.78, 5) is 38.0. The van der Waals surface area contributed by atoms with Gasteiger partial charge in [0, 0.05) is 6.42 Å². The number of halogens is 1. The molecule has 0 bridgehead atoms. The zero-order chi connectivity index (χ0) is 22.9. The Bertz CT molecular complexity index is 888. The average molecular weight is 494 g/mol. The fourth-order valence-corrected chi connectivity index (χ4v) is 3.26. The number of carboxylic acids is 1. The Morgan fingerprint density at radius 1 is 1.00 bits per heavy atom. The normalized spacial score (nSPS) is 12.5. The van der Waals surface area contributed by atoms with Crippen LogP contribution in [0.5, 0.6) is 5.75 Å². The van der Waals surface area contributed by atoms with Crippen molar-refractivity contribution in [2.24, 2.45) is 0 Å². The van der Waals surface area contributed by atoms with E-state index in [4.69, 9.17) is 9.47 Å². The number of amides is 1. The Hall–Kier alpha value is -3.07. The lowest BCUT2D eigenvalue weighted by Crippen LogP contribution is -2.60. The van der Waals surface area contributed by atoms with E-state index in [-0.39, 0.29) is 19.0 Å². The number of unbranched alkanes of at least 4 members (excludes halogenated alkanes) is 1. The van der Waals surface area contributed by atoms with Crippen molar-refractivity contribution in [3.63, 3.8) is 0 Å². The number of aliphatic carboxylic acids is 1. The second-order valence-corrected chi connectivity index (χ2v) is 7.53. The zero-order valence-electron chi connectivity index (χ0n) is 17.0. The molecule has 0 aliphatic heterocycles. The van der Waals surface area contributed by atoms with Gasteiger partial charge in [0.05, 0.1) is 22.8 Å². The van der Waals surface area contributed by atoms with Crippen LogP contribution < -0.4 is 0 Å². The van der Waals surface area contributed by atoms with Gasteiger partial charge in [-0.05, 0) is 29.7 Å². The molecular formula is C22H24BrNO7. The standard InChI is InChI=1S/C22H24BrNO7/c1-2-3-13-30-20(28)22(19(26)27,14-16-9-11-18(25)12-10-16)24(23)21(29)31-15-17-7-5-4-6-8-17/h4-12,25H,2-3,13-15H2,1H3,(H,26,27)/t22-/m0/s1. The van der Waals surface area contributed by atoms with E-state index in [1.165, 1.54) is 24.3 Å². The summed E-state index contributed by atoms with van der Waals surface area (Å²) in [5.41, 5.74) is -1.33. The molecule has 166 valence electrons. The number of benzene rings is 2. The summed E-state index contributed by atoms with van der Waals surface area (Å²) in [6, 6.07) is 14.5. The van der Waals surface area contributed by atoms with Gasteiger partial charge < -0.3 is 19.7 Å². The number of hydrogen-bond donors (Lipinski definition) is 2. The lowest BCUT2D eigenvalue weighted by Gasteiger charge is -2.33. The lowest BCUT2D eigenvalue weighted by atomic mass is 9.90. The molecule has 0 spiro atoms. The molecule has 0 saturated carbocycles. The molecule has 31 heavy (non-hydrogen) atoms. The van der Waals surface area contributed by atoms with Crippen LogP contribution in [0.2, 0.25) is 0 Å². The van der Waals surface area contributed by atoms with Crippen molar-refractivity contribution in [3.05, 3.63) is 65.7 Å². The molecule has 0 radical (unpaired) electrons. The number of phenolic OH excluding ortho intramolecular Hbond substituents is 1. The third-order valence-electron chi connectivity index (χ3n) is 4.52. The molecule has 1 amide bonds. The lowest BCUT2D eigenvalue weighted by molar-refractivity contribution is -0.166. The summed E-state index contributed by atoms with van der Waals surface area (Å²) in [5.74, 6) is -2.71. The van der Waals surface area contributed by atoms with Crippen molar-refractivity contribution in [1.29, 1.82) is 0 Å². The topological polar surface area (TPSA) is 113 Å². The van der Waals surface area contributed by atoms with Crippen molar-refractivity contribution in [2.75, 3.05) is 6.61 Å². The first-order valence-electron chi connectivity index (χ1n) is 9.66. The highest BCUT2D eigenvalue weighted by Crippen LogP contribution is 2.29. The molecule has 2 N–H and O–H groups in total. The van der Waals surface area contributed by atoms with Gasteiger partial charge in [0.2, 0.25) is 0 Å². The molecule has 0 aliphatic carbocycles. The van der Waals surface area contributed by atoms with Crippen molar-refractivity contribution in [1.82, 2.24) is 3.93 Å². The summed E-state index contributed by atoms with van der Waals surface area (Å²) in [6.45, 7) is 1.80. The number of aromatic hydroxyl groups is 1. The van der Waals surface area contributed by atoms with Crippen molar-refractivity contribution in [3.8, 4) is 5.75 Å². The van der Waals surface area contributed by atoms with Gasteiger partial charge in [0.25, 0.3) is 5.54 Å². The van der Waals surface area contributed by atoms with E-state index < -0.39 is 30.0 Å². The van der Waals surface area contributed by atoms with E-state index in [9.17, 15) is 24.6 Å². The minimum absolute atomic E-state index is 0.0137. The smallest absolute Gasteiger partial charge is 0.421 e. The highest BCUT2D eigenvalue weighted by atomic mass is 79.9. The molecule has 2 aromatic rings. The number of esters is 1. The van der Waals surface area contributed by atoms with Crippen LogP contribution in [0, 0.1) is 0 Å². The molecule has 9 heteroatoms. The van der Waals surface area contributed by atoms with Crippen LogP contribution >= 0.6 is 16.1 Å². The maximum Gasteiger partial charge on any atom is 0.421 e. The third kappa shape index (κ3) is 6.21. The summed E-state index contributed by atoms with van der Waals surface area (Å²) in [6.07, 6.45) is -0.180. The monoisotopic (exact) mass is 493 g/mol. The minimum atomic E-state index is -2.42. The van der Waals surface area contributed by atoms with Gasteiger partial charge in [-0.25, -0.2) is 18.3 Å². The quantitative estimate of drug-likeness (QED) is 0.222.